The molecule has 0 aliphatic carbocycles. The molecule has 1 N–H and O–H groups in total. The van der Waals surface area contributed by atoms with Crippen molar-refractivity contribution in [2.24, 2.45) is 0 Å². The number of para-hydroxylation sites is 2. The molecule has 7 nitrogen and oxygen atoms in total. The van der Waals surface area contributed by atoms with Crippen LogP contribution in [0.2, 0.25) is 0 Å². The molecule has 0 spiro atoms. The van der Waals surface area contributed by atoms with Gasteiger partial charge in [0, 0.05) is 25.2 Å². The van der Waals surface area contributed by atoms with Crippen LogP contribution < -0.4 is 15.6 Å². The number of hydrogen-bond acceptors (Lipinski definition) is 4. The molecule has 2 amide bonds. The second-order valence-corrected chi connectivity index (χ2v) is 6.97. The molecule has 8 heteroatoms. The molecule has 29 heavy (non-hydrogen) atoms. The smallest absolute Gasteiger partial charge is 0.321 e. The van der Waals surface area contributed by atoms with Crippen molar-refractivity contribution in [1.29, 1.82) is 0 Å². The van der Waals surface area contributed by atoms with E-state index in [4.69, 9.17) is 4.74 Å². The summed E-state index contributed by atoms with van der Waals surface area (Å²) in [6, 6.07) is 11.0. The maximum absolute atomic E-state index is 13.3. The molecule has 3 aromatic rings. The molecule has 1 fully saturated rings. The maximum atomic E-state index is 13.3. The molecule has 1 aromatic heterocycles. The minimum atomic E-state index is -0.420. The number of anilines is 1. The zero-order valence-corrected chi connectivity index (χ0v) is 16.0. The van der Waals surface area contributed by atoms with Crippen LogP contribution in [0.1, 0.15) is 18.9 Å². The molecule has 4 rings (SSSR count). The van der Waals surface area contributed by atoms with Crippen LogP contribution in [0.5, 0.6) is 5.75 Å². The van der Waals surface area contributed by atoms with Crippen LogP contribution >= 0.6 is 0 Å². The Balaban J connectivity index is 1.45. The highest BCUT2D eigenvalue weighted by Gasteiger charge is 2.25. The molecule has 0 atom stereocenters. The number of methoxy groups -OCH3 is 1. The van der Waals surface area contributed by atoms with Gasteiger partial charge in [0.1, 0.15) is 11.6 Å². The highest BCUT2D eigenvalue weighted by atomic mass is 19.1. The van der Waals surface area contributed by atoms with E-state index in [0.717, 1.165) is 0 Å². The Morgan fingerprint density at radius 1 is 1.21 bits per heavy atom. The summed E-state index contributed by atoms with van der Waals surface area (Å²) in [6.07, 6.45) is 2.74. The number of benzene rings is 2. The van der Waals surface area contributed by atoms with Crippen LogP contribution in [0, 0.1) is 5.82 Å². The van der Waals surface area contributed by atoms with Crippen molar-refractivity contribution in [3.8, 4) is 5.75 Å². The largest absolute Gasteiger partial charge is 0.495 e. The second-order valence-electron chi connectivity index (χ2n) is 6.97. The van der Waals surface area contributed by atoms with Crippen molar-refractivity contribution in [1.82, 2.24) is 14.5 Å². The third kappa shape index (κ3) is 3.78. The summed E-state index contributed by atoms with van der Waals surface area (Å²) in [6.45, 7) is 1.03. The van der Waals surface area contributed by atoms with Crippen molar-refractivity contribution < 1.29 is 13.9 Å². The number of likely N-dealkylation sites (tertiary alicyclic amines) is 1. The zero-order chi connectivity index (χ0) is 20.4. The van der Waals surface area contributed by atoms with Gasteiger partial charge in [0.15, 0.2) is 0 Å². The predicted octanol–water partition coefficient (Wildman–Crippen LogP) is 3.41. The predicted molar refractivity (Wildman–Crippen MR) is 108 cm³/mol. The molecule has 1 saturated heterocycles. The highest BCUT2D eigenvalue weighted by molar-refractivity contribution is 5.91. The van der Waals surface area contributed by atoms with Crippen molar-refractivity contribution in [2.75, 3.05) is 25.5 Å². The fourth-order valence-corrected chi connectivity index (χ4v) is 3.66. The summed E-state index contributed by atoms with van der Waals surface area (Å²) >= 11 is 0. The molecule has 0 saturated carbocycles. The summed E-state index contributed by atoms with van der Waals surface area (Å²) in [5.41, 5.74) is 0.774. The Bertz CT molecular complexity index is 1110. The maximum Gasteiger partial charge on any atom is 0.321 e. The van der Waals surface area contributed by atoms with Crippen LogP contribution in [0.4, 0.5) is 14.9 Å². The number of rotatable bonds is 3. The first-order valence-electron chi connectivity index (χ1n) is 9.42. The van der Waals surface area contributed by atoms with Crippen LogP contribution in [0.3, 0.4) is 0 Å². The monoisotopic (exact) mass is 396 g/mol. The van der Waals surface area contributed by atoms with Gasteiger partial charge >= 0.3 is 6.03 Å². The van der Waals surface area contributed by atoms with Crippen LogP contribution in [-0.4, -0.2) is 40.7 Å². The first kappa shape index (κ1) is 18.9. The van der Waals surface area contributed by atoms with Crippen LogP contribution in [0.15, 0.2) is 53.6 Å². The van der Waals surface area contributed by atoms with Crippen molar-refractivity contribution in [2.45, 2.75) is 18.9 Å². The van der Waals surface area contributed by atoms with Gasteiger partial charge in [0.25, 0.3) is 5.56 Å². The van der Waals surface area contributed by atoms with Crippen LogP contribution in [0.25, 0.3) is 10.9 Å². The lowest BCUT2D eigenvalue weighted by Gasteiger charge is -2.32. The second kappa shape index (κ2) is 7.90. The lowest BCUT2D eigenvalue weighted by atomic mass is 10.0. The number of hydrogen-bond donors (Lipinski definition) is 1. The number of fused-ring (bicyclic) bond motifs is 1. The highest BCUT2D eigenvalue weighted by Crippen LogP contribution is 2.25. The number of ether oxygens (including phenoxy) is 1. The van der Waals surface area contributed by atoms with Gasteiger partial charge in [0.05, 0.1) is 30.0 Å². The van der Waals surface area contributed by atoms with E-state index in [2.05, 4.69) is 10.3 Å². The molecular formula is C21H21FN4O3. The van der Waals surface area contributed by atoms with Gasteiger partial charge in [-0.15, -0.1) is 0 Å². The number of halogens is 1. The standard InChI is InChI=1S/C21H21FN4O3/c1-29-19-5-3-2-4-17(19)24-21(28)25-10-8-15(9-11-25)26-13-23-18-12-14(22)6-7-16(18)20(26)27/h2-7,12-13,15H,8-11H2,1H3,(H,24,28). The molecule has 0 bridgehead atoms. The van der Waals surface area contributed by atoms with Gasteiger partial charge in [0.2, 0.25) is 0 Å². The summed E-state index contributed by atoms with van der Waals surface area (Å²) < 4.78 is 20.2. The molecule has 2 aromatic carbocycles. The van der Waals surface area contributed by atoms with Gasteiger partial charge in [-0.3, -0.25) is 9.36 Å². The molecule has 1 aliphatic rings. The van der Waals surface area contributed by atoms with E-state index in [1.807, 2.05) is 12.1 Å². The van der Waals surface area contributed by atoms with Gasteiger partial charge < -0.3 is 15.0 Å². The van der Waals surface area contributed by atoms with Gasteiger partial charge in [-0.1, -0.05) is 12.1 Å². The van der Waals surface area contributed by atoms with E-state index in [9.17, 15) is 14.0 Å². The van der Waals surface area contributed by atoms with E-state index < -0.39 is 5.82 Å². The summed E-state index contributed by atoms with van der Waals surface area (Å²) in [4.78, 5) is 31.3. The van der Waals surface area contributed by atoms with Crippen molar-refractivity contribution >= 4 is 22.6 Å². The SMILES string of the molecule is COc1ccccc1NC(=O)N1CCC(n2cnc3cc(F)ccc3c2=O)CC1. The number of aromatic nitrogens is 2. The lowest BCUT2D eigenvalue weighted by molar-refractivity contribution is 0.182. The Morgan fingerprint density at radius 3 is 2.72 bits per heavy atom. The number of nitrogens with one attached hydrogen (secondary N) is 1. The Hall–Kier alpha value is -3.42. The summed E-state index contributed by atoms with van der Waals surface area (Å²) in [5, 5.41) is 3.27. The quantitative estimate of drug-likeness (QED) is 0.736. The summed E-state index contributed by atoms with van der Waals surface area (Å²) in [7, 11) is 1.56. The normalized spacial score (nSPS) is 14.8. The fraction of sp³-hybridized carbons (Fsp3) is 0.286. The molecule has 1 aliphatic heterocycles. The Labute approximate surface area is 166 Å². The number of amides is 2. The topological polar surface area (TPSA) is 76.5 Å². The molecule has 0 radical (unpaired) electrons. The Kier molecular flexibility index (Phi) is 5.16. The van der Waals surface area contributed by atoms with Gasteiger partial charge in [-0.05, 0) is 37.1 Å². The molecule has 0 unspecified atom stereocenters. The van der Waals surface area contributed by atoms with E-state index in [1.165, 1.54) is 24.5 Å². The Morgan fingerprint density at radius 2 is 1.97 bits per heavy atom. The number of urea groups is 1. The minimum absolute atomic E-state index is 0.0558. The summed E-state index contributed by atoms with van der Waals surface area (Å²) in [5.74, 6) is 0.178. The van der Waals surface area contributed by atoms with Crippen molar-refractivity contribution in [3.05, 3.63) is 65.0 Å². The fourth-order valence-electron chi connectivity index (χ4n) is 3.66. The molecule has 2 heterocycles. The van der Waals surface area contributed by atoms with E-state index in [1.54, 1.807) is 28.7 Å². The van der Waals surface area contributed by atoms with E-state index in [0.29, 0.717) is 48.3 Å². The average Bonchev–Trinajstić information content (AvgIpc) is 2.74. The average molecular weight is 396 g/mol. The number of carbonyl (C=O) groups excluding carboxylic acids is 1. The minimum Gasteiger partial charge on any atom is -0.495 e. The first-order chi connectivity index (χ1) is 14.1. The number of piperidine rings is 1. The van der Waals surface area contributed by atoms with E-state index >= 15 is 0 Å². The van der Waals surface area contributed by atoms with Gasteiger partial charge in [-0.25, -0.2) is 14.2 Å². The van der Waals surface area contributed by atoms with E-state index in [-0.39, 0.29) is 17.6 Å². The first-order valence-corrected chi connectivity index (χ1v) is 9.42. The van der Waals surface area contributed by atoms with Gasteiger partial charge in [-0.2, -0.15) is 0 Å². The third-order valence-electron chi connectivity index (χ3n) is 5.24. The molecule has 150 valence electrons. The lowest BCUT2D eigenvalue weighted by Crippen LogP contribution is -2.42. The van der Waals surface area contributed by atoms with Crippen molar-refractivity contribution in [3.63, 3.8) is 0 Å². The third-order valence-corrected chi connectivity index (χ3v) is 5.24. The number of nitrogens with zero attached hydrogens (tertiary/aromatic N) is 3. The zero-order valence-electron chi connectivity index (χ0n) is 16.0. The van der Waals surface area contributed by atoms with Crippen LogP contribution in [-0.2, 0) is 0 Å². The number of carbonyl (C=O) groups is 1. The molecular weight excluding hydrogens is 375 g/mol.